The van der Waals surface area contributed by atoms with Gasteiger partial charge in [0.15, 0.2) is 11.5 Å². The summed E-state index contributed by atoms with van der Waals surface area (Å²) in [4.78, 5) is 31.1. The third-order valence-electron chi connectivity index (χ3n) is 7.05. The fourth-order valence-corrected chi connectivity index (χ4v) is 5.33. The van der Waals surface area contributed by atoms with Crippen molar-refractivity contribution in [3.05, 3.63) is 58.6 Å². The van der Waals surface area contributed by atoms with Crippen molar-refractivity contribution < 1.29 is 19.1 Å². The monoisotopic (exact) mass is 498 g/mol. The maximum absolute atomic E-state index is 14.0. The third-order valence-corrected chi connectivity index (χ3v) is 7.41. The summed E-state index contributed by atoms with van der Waals surface area (Å²) in [7, 11) is 1.58. The molecular weight excluding hydrogens is 464 g/mol. The third kappa shape index (κ3) is 5.58. The molecule has 2 aromatic carbocycles. The van der Waals surface area contributed by atoms with Gasteiger partial charge in [0.25, 0.3) is 5.91 Å². The average molecular weight is 499 g/mol. The van der Waals surface area contributed by atoms with E-state index in [4.69, 9.17) is 21.1 Å². The first-order valence-corrected chi connectivity index (χ1v) is 12.8. The van der Waals surface area contributed by atoms with E-state index >= 15 is 0 Å². The van der Waals surface area contributed by atoms with Crippen LogP contribution in [-0.4, -0.2) is 47.4 Å². The lowest BCUT2D eigenvalue weighted by molar-refractivity contribution is -0.160. The molecular formula is C28H35ClN2O4. The first kappa shape index (κ1) is 25.4. The zero-order valence-electron chi connectivity index (χ0n) is 21.0. The Hall–Kier alpha value is -2.73. The highest BCUT2D eigenvalue weighted by molar-refractivity contribution is 6.31. The lowest BCUT2D eigenvalue weighted by atomic mass is 9.85. The van der Waals surface area contributed by atoms with Crippen LogP contribution in [0.4, 0.5) is 0 Å². The molecule has 4 rings (SSSR count). The number of amides is 2. The minimum Gasteiger partial charge on any atom is -0.493 e. The molecule has 1 unspecified atom stereocenters. The molecule has 1 saturated heterocycles. The summed E-state index contributed by atoms with van der Waals surface area (Å²) in [5, 5.41) is 0.577. The second-order valence-corrected chi connectivity index (χ2v) is 10.4. The van der Waals surface area contributed by atoms with E-state index in [-0.39, 0.29) is 37.0 Å². The van der Waals surface area contributed by atoms with Crippen LogP contribution in [0.5, 0.6) is 11.5 Å². The number of rotatable bonds is 7. The van der Waals surface area contributed by atoms with Gasteiger partial charge in [-0.2, -0.15) is 0 Å². The largest absolute Gasteiger partial charge is 0.493 e. The molecule has 1 saturated carbocycles. The van der Waals surface area contributed by atoms with Crippen molar-refractivity contribution in [2.45, 2.75) is 71.2 Å². The maximum Gasteiger partial charge on any atom is 0.250 e. The van der Waals surface area contributed by atoms with E-state index in [1.165, 1.54) is 0 Å². The van der Waals surface area contributed by atoms with Gasteiger partial charge in [0, 0.05) is 17.6 Å². The normalized spacial score (nSPS) is 23.1. The number of methoxy groups -OCH3 is 1. The molecule has 1 aliphatic carbocycles. The maximum atomic E-state index is 14.0. The van der Waals surface area contributed by atoms with Gasteiger partial charge in [-0.1, -0.05) is 42.8 Å². The molecule has 0 bridgehead atoms. The molecule has 2 amide bonds. The summed E-state index contributed by atoms with van der Waals surface area (Å²) in [6.07, 6.45) is 4.00. The van der Waals surface area contributed by atoms with Gasteiger partial charge in [0.1, 0.15) is 12.6 Å². The second-order valence-electron chi connectivity index (χ2n) is 9.97. The highest BCUT2D eigenvalue weighted by Gasteiger charge is 2.43. The molecule has 0 spiro atoms. The number of hydrogen-bond acceptors (Lipinski definition) is 4. The van der Waals surface area contributed by atoms with Crippen molar-refractivity contribution in [1.29, 1.82) is 0 Å². The van der Waals surface area contributed by atoms with Crippen LogP contribution < -0.4 is 9.47 Å². The van der Waals surface area contributed by atoms with E-state index in [0.717, 1.165) is 31.2 Å². The minimum absolute atomic E-state index is 0.0199. The van der Waals surface area contributed by atoms with Crippen molar-refractivity contribution in [2.24, 2.45) is 5.92 Å². The van der Waals surface area contributed by atoms with Crippen molar-refractivity contribution in [2.75, 3.05) is 13.7 Å². The molecule has 2 aromatic rings. The standard InChI is InChI=1S/C28H35ClN2O4/c1-18(2)35-24-14-11-20(15-25(24)34-4)27-28(33)30(22-12-9-19(3)10-13-22)17-26(32)31(27)16-21-7-5-6-8-23(21)29/h5-8,11,14-15,18-19,22,27H,9-10,12-13,16-17H2,1-4H3. The first-order chi connectivity index (χ1) is 16.8. The molecule has 0 N–H and O–H groups in total. The summed E-state index contributed by atoms with van der Waals surface area (Å²) in [6, 6.07) is 12.3. The van der Waals surface area contributed by atoms with Gasteiger partial charge in [-0.15, -0.1) is 0 Å². The number of halogens is 1. The fourth-order valence-electron chi connectivity index (χ4n) is 5.13. The number of carbonyl (C=O) groups is 2. The second kappa shape index (κ2) is 10.9. The van der Waals surface area contributed by atoms with Crippen LogP contribution in [0.2, 0.25) is 5.02 Å². The van der Waals surface area contributed by atoms with E-state index in [1.807, 2.05) is 55.1 Å². The van der Waals surface area contributed by atoms with Crippen LogP contribution in [0.3, 0.4) is 0 Å². The van der Waals surface area contributed by atoms with Crippen LogP contribution in [0.1, 0.15) is 63.6 Å². The summed E-state index contributed by atoms with van der Waals surface area (Å²) < 4.78 is 11.5. The molecule has 2 aliphatic rings. The summed E-state index contributed by atoms with van der Waals surface area (Å²) in [6.45, 7) is 6.51. The molecule has 1 atom stereocenters. The highest BCUT2D eigenvalue weighted by atomic mass is 35.5. The van der Waals surface area contributed by atoms with E-state index in [9.17, 15) is 9.59 Å². The SMILES string of the molecule is COc1cc(C2C(=O)N(C3CCC(C)CC3)CC(=O)N2Cc2ccccc2Cl)ccc1OC(C)C. The van der Waals surface area contributed by atoms with Gasteiger partial charge in [-0.05, 0) is 74.8 Å². The number of carbonyl (C=O) groups excluding carboxylic acids is 2. The lowest BCUT2D eigenvalue weighted by Gasteiger charge is -2.45. The van der Waals surface area contributed by atoms with E-state index in [0.29, 0.717) is 28.0 Å². The zero-order valence-corrected chi connectivity index (χ0v) is 21.8. The Bertz CT molecular complexity index is 1060. The quantitative estimate of drug-likeness (QED) is 0.496. The Morgan fingerprint density at radius 2 is 1.74 bits per heavy atom. The Morgan fingerprint density at radius 1 is 1.03 bits per heavy atom. The molecule has 1 aliphatic heterocycles. The summed E-state index contributed by atoms with van der Waals surface area (Å²) >= 11 is 6.43. The van der Waals surface area contributed by atoms with Crippen LogP contribution in [-0.2, 0) is 16.1 Å². The van der Waals surface area contributed by atoms with Gasteiger partial charge < -0.3 is 19.3 Å². The molecule has 2 fully saturated rings. The summed E-state index contributed by atoms with van der Waals surface area (Å²) in [5.74, 6) is 1.69. The molecule has 35 heavy (non-hydrogen) atoms. The van der Waals surface area contributed by atoms with Gasteiger partial charge in [-0.25, -0.2) is 0 Å². The minimum atomic E-state index is -0.756. The van der Waals surface area contributed by atoms with Crippen LogP contribution in [0.15, 0.2) is 42.5 Å². The predicted molar refractivity (Wildman–Crippen MR) is 137 cm³/mol. The zero-order chi connectivity index (χ0) is 25.1. The van der Waals surface area contributed by atoms with E-state index < -0.39 is 6.04 Å². The number of piperazine rings is 1. The number of ether oxygens (including phenoxy) is 2. The van der Waals surface area contributed by atoms with E-state index in [2.05, 4.69) is 6.92 Å². The molecule has 0 aromatic heterocycles. The topological polar surface area (TPSA) is 59.1 Å². The van der Waals surface area contributed by atoms with Crippen LogP contribution >= 0.6 is 11.6 Å². The molecule has 6 nitrogen and oxygen atoms in total. The molecule has 7 heteroatoms. The molecule has 1 heterocycles. The predicted octanol–water partition coefficient (Wildman–Crippen LogP) is 5.63. The molecule has 0 radical (unpaired) electrons. The fraction of sp³-hybridized carbons (Fsp3) is 0.500. The van der Waals surface area contributed by atoms with Crippen molar-refractivity contribution in [3.63, 3.8) is 0 Å². The Kier molecular flexibility index (Phi) is 7.90. The first-order valence-electron chi connectivity index (χ1n) is 12.5. The average Bonchev–Trinajstić information content (AvgIpc) is 2.83. The van der Waals surface area contributed by atoms with Crippen LogP contribution in [0, 0.1) is 5.92 Å². The van der Waals surface area contributed by atoms with Crippen molar-refractivity contribution >= 4 is 23.4 Å². The highest BCUT2D eigenvalue weighted by Crippen LogP contribution is 2.38. The number of benzene rings is 2. The Balaban J connectivity index is 1.71. The van der Waals surface area contributed by atoms with Crippen molar-refractivity contribution in [3.8, 4) is 11.5 Å². The molecule has 188 valence electrons. The Labute approximate surface area is 213 Å². The van der Waals surface area contributed by atoms with Gasteiger partial charge in [0.05, 0.1) is 13.2 Å². The van der Waals surface area contributed by atoms with Gasteiger partial charge >= 0.3 is 0 Å². The van der Waals surface area contributed by atoms with Gasteiger partial charge in [0.2, 0.25) is 5.91 Å². The number of nitrogens with zero attached hydrogens (tertiary/aromatic N) is 2. The van der Waals surface area contributed by atoms with Crippen molar-refractivity contribution in [1.82, 2.24) is 9.80 Å². The van der Waals surface area contributed by atoms with E-state index in [1.54, 1.807) is 18.1 Å². The Morgan fingerprint density at radius 3 is 2.40 bits per heavy atom. The lowest BCUT2D eigenvalue weighted by Crippen LogP contribution is -2.58. The van der Waals surface area contributed by atoms with Gasteiger partial charge in [-0.3, -0.25) is 9.59 Å². The van der Waals surface area contributed by atoms with Crippen LogP contribution in [0.25, 0.3) is 0 Å². The summed E-state index contributed by atoms with van der Waals surface area (Å²) in [5.41, 5.74) is 1.52. The number of hydrogen-bond donors (Lipinski definition) is 0. The smallest absolute Gasteiger partial charge is 0.250 e.